The summed E-state index contributed by atoms with van der Waals surface area (Å²) in [5.74, 6) is 1.79. The van der Waals surface area contributed by atoms with Crippen LogP contribution in [0.5, 0.6) is 5.75 Å². The third-order valence-corrected chi connectivity index (χ3v) is 4.14. The van der Waals surface area contributed by atoms with Gasteiger partial charge in [0.15, 0.2) is 0 Å². The van der Waals surface area contributed by atoms with E-state index in [1.807, 2.05) is 18.2 Å². The summed E-state index contributed by atoms with van der Waals surface area (Å²) in [6, 6.07) is 5.98. The topological polar surface area (TPSA) is 44.5 Å². The summed E-state index contributed by atoms with van der Waals surface area (Å²) < 4.78 is 11.4. The van der Waals surface area contributed by atoms with E-state index in [2.05, 4.69) is 6.92 Å². The lowest BCUT2D eigenvalue weighted by Gasteiger charge is -2.25. The molecule has 0 unspecified atom stereocenters. The second-order valence-corrected chi connectivity index (χ2v) is 6.10. The molecule has 19 heavy (non-hydrogen) atoms. The number of hydrogen-bond donors (Lipinski definition) is 1. The molecule has 1 saturated heterocycles. The van der Waals surface area contributed by atoms with Crippen molar-refractivity contribution in [3.8, 4) is 5.75 Å². The summed E-state index contributed by atoms with van der Waals surface area (Å²) in [4.78, 5) is 1.50. The molecule has 5 heteroatoms. The highest BCUT2D eigenvalue weighted by Gasteiger charge is 2.19. The first-order valence-electron chi connectivity index (χ1n) is 6.52. The number of thioether (sulfide) groups is 1. The Morgan fingerprint density at radius 2 is 2.21 bits per heavy atom. The number of benzene rings is 1. The highest BCUT2D eigenvalue weighted by Crippen LogP contribution is 2.31. The van der Waals surface area contributed by atoms with E-state index in [9.17, 15) is 0 Å². The van der Waals surface area contributed by atoms with Gasteiger partial charge in [-0.25, -0.2) is 0 Å². The lowest BCUT2D eigenvalue weighted by molar-refractivity contribution is 0.0254. The molecule has 3 nitrogen and oxygen atoms in total. The van der Waals surface area contributed by atoms with Crippen LogP contribution in [0.4, 0.5) is 0 Å². The van der Waals surface area contributed by atoms with Crippen molar-refractivity contribution < 1.29 is 9.47 Å². The molecule has 1 aliphatic heterocycles. The largest absolute Gasteiger partial charge is 0.489 e. The minimum absolute atomic E-state index is 0.198. The van der Waals surface area contributed by atoms with Crippen LogP contribution in [-0.2, 0) is 4.74 Å². The zero-order valence-corrected chi connectivity index (χ0v) is 12.7. The fraction of sp³-hybridized carbons (Fsp3) is 0.500. The smallest absolute Gasteiger partial charge is 0.131 e. The monoisotopic (exact) mass is 297 g/mol. The van der Waals surface area contributed by atoms with Crippen molar-refractivity contribution in [3.05, 3.63) is 23.8 Å². The van der Waals surface area contributed by atoms with E-state index in [0.717, 1.165) is 48.0 Å². The molecule has 0 radical (unpaired) electrons. The number of nitrogens with two attached hydrogens (primary N) is 1. The lowest BCUT2D eigenvalue weighted by atomic mass is 10.1. The Balaban J connectivity index is 2.22. The van der Waals surface area contributed by atoms with Gasteiger partial charge in [-0.1, -0.05) is 25.2 Å². The molecule has 0 aliphatic carbocycles. The maximum absolute atomic E-state index is 6.07. The Bertz CT molecular complexity index is 445. The molecule has 1 aromatic carbocycles. The predicted octanol–water partition coefficient (Wildman–Crippen LogP) is 2.99. The highest BCUT2D eigenvalue weighted by atomic mass is 32.2. The van der Waals surface area contributed by atoms with Gasteiger partial charge >= 0.3 is 0 Å². The van der Waals surface area contributed by atoms with Crippen molar-refractivity contribution in [2.45, 2.75) is 30.8 Å². The Morgan fingerprint density at radius 3 is 2.84 bits per heavy atom. The van der Waals surface area contributed by atoms with Gasteiger partial charge in [0.2, 0.25) is 0 Å². The molecule has 2 rings (SSSR count). The average molecular weight is 297 g/mol. The molecule has 2 N–H and O–H groups in total. The standard InChI is InChI=1S/C14H19NO2S2/c1-2-19-12-5-3-4-11(13(12)14(15)18)17-10-6-8-16-9-7-10/h3-5,10H,2,6-9H2,1H3,(H2,15,18). The molecule has 104 valence electrons. The fourth-order valence-corrected chi connectivity index (χ4v) is 3.22. The molecule has 1 heterocycles. The summed E-state index contributed by atoms with van der Waals surface area (Å²) >= 11 is 6.91. The fourth-order valence-electron chi connectivity index (χ4n) is 2.10. The van der Waals surface area contributed by atoms with Crippen molar-refractivity contribution >= 4 is 29.0 Å². The van der Waals surface area contributed by atoms with Gasteiger partial charge in [0, 0.05) is 17.7 Å². The third-order valence-electron chi connectivity index (χ3n) is 3.00. The first-order valence-corrected chi connectivity index (χ1v) is 7.91. The summed E-state index contributed by atoms with van der Waals surface area (Å²) in [6.45, 7) is 3.63. The van der Waals surface area contributed by atoms with Gasteiger partial charge in [-0.05, 0) is 17.9 Å². The van der Waals surface area contributed by atoms with Gasteiger partial charge in [-0.2, -0.15) is 0 Å². The zero-order valence-electron chi connectivity index (χ0n) is 11.1. The van der Waals surface area contributed by atoms with Crippen LogP contribution in [0.1, 0.15) is 25.3 Å². The highest BCUT2D eigenvalue weighted by molar-refractivity contribution is 7.99. The minimum Gasteiger partial charge on any atom is -0.489 e. The Morgan fingerprint density at radius 1 is 1.47 bits per heavy atom. The van der Waals surface area contributed by atoms with E-state index >= 15 is 0 Å². The third kappa shape index (κ3) is 3.84. The van der Waals surface area contributed by atoms with Crippen molar-refractivity contribution in [1.82, 2.24) is 0 Å². The van der Waals surface area contributed by atoms with Crippen LogP contribution in [0, 0.1) is 0 Å². The van der Waals surface area contributed by atoms with Crippen molar-refractivity contribution in [1.29, 1.82) is 0 Å². The van der Waals surface area contributed by atoms with Crippen molar-refractivity contribution in [2.24, 2.45) is 5.73 Å². The van der Waals surface area contributed by atoms with E-state index < -0.39 is 0 Å². The van der Waals surface area contributed by atoms with E-state index in [-0.39, 0.29) is 6.10 Å². The number of ether oxygens (including phenoxy) is 2. The van der Waals surface area contributed by atoms with Gasteiger partial charge in [0.05, 0.1) is 18.8 Å². The molecular weight excluding hydrogens is 278 g/mol. The number of rotatable bonds is 5. The van der Waals surface area contributed by atoms with Crippen molar-refractivity contribution in [2.75, 3.05) is 19.0 Å². The van der Waals surface area contributed by atoms with E-state index in [1.165, 1.54) is 0 Å². The number of hydrogen-bond acceptors (Lipinski definition) is 4. The van der Waals surface area contributed by atoms with E-state index in [1.54, 1.807) is 11.8 Å². The summed E-state index contributed by atoms with van der Waals surface area (Å²) in [6.07, 6.45) is 2.04. The quantitative estimate of drug-likeness (QED) is 0.668. The Labute approximate surface area is 123 Å². The molecule has 0 aromatic heterocycles. The van der Waals surface area contributed by atoms with Crippen LogP contribution >= 0.6 is 24.0 Å². The van der Waals surface area contributed by atoms with Gasteiger partial charge in [0.1, 0.15) is 16.8 Å². The van der Waals surface area contributed by atoms with Crippen molar-refractivity contribution in [3.63, 3.8) is 0 Å². The van der Waals surface area contributed by atoms with Gasteiger partial charge in [-0.3, -0.25) is 0 Å². The molecule has 1 fully saturated rings. The van der Waals surface area contributed by atoms with Crippen LogP contribution in [0.25, 0.3) is 0 Å². The summed E-state index contributed by atoms with van der Waals surface area (Å²) in [5.41, 5.74) is 6.74. The van der Waals surface area contributed by atoms with Gasteiger partial charge in [-0.15, -0.1) is 11.8 Å². The molecular formula is C14H19NO2S2. The molecule has 1 aliphatic rings. The Hall–Kier alpha value is -0.780. The number of thiocarbonyl (C=S) groups is 1. The normalized spacial score (nSPS) is 16.3. The maximum Gasteiger partial charge on any atom is 0.131 e. The summed E-state index contributed by atoms with van der Waals surface area (Å²) in [7, 11) is 0. The minimum atomic E-state index is 0.198. The van der Waals surface area contributed by atoms with Gasteiger partial charge < -0.3 is 15.2 Å². The maximum atomic E-state index is 6.07. The van der Waals surface area contributed by atoms with E-state index in [4.69, 9.17) is 27.4 Å². The lowest BCUT2D eigenvalue weighted by Crippen LogP contribution is -2.27. The first kappa shape index (κ1) is 14.6. The average Bonchev–Trinajstić information content (AvgIpc) is 2.40. The second kappa shape index (κ2) is 7.12. The molecule has 0 amide bonds. The zero-order chi connectivity index (χ0) is 13.7. The van der Waals surface area contributed by atoms with E-state index in [0.29, 0.717) is 4.99 Å². The SMILES string of the molecule is CCSc1cccc(OC2CCOCC2)c1C(N)=S. The Kier molecular flexibility index (Phi) is 5.48. The molecule has 1 aromatic rings. The predicted molar refractivity (Wildman–Crippen MR) is 83.2 cm³/mol. The second-order valence-electron chi connectivity index (χ2n) is 4.36. The molecule has 0 atom stereocenters. The van der Waals surface area contributed by atoms with Gasteiger partial charge in [0.25, 0.3) is 0 Å². The van der Waals surface area contributed by atoms with Crippen LogP contribution < -0.4 is 10.5 Å². The summed E-state index contributed by atoms with van der Waals surface area (Å²) in [5, 5.41) is 0. The molecule has 0 saturated carbocycles. The van der Waals surface area contributed by atoms with Crippen LogP contribution in [0.15, 0.2) is 23.1 Å². The molecule has 0 bridgehead atoms. The first-order chi connectivity index (χ1) is 9.22. The van der Waals surface area contributed by atoms with Crippen LogP contribution in [0.3, 0.4) is 0 Å². The molecule has 0 spiro atoms. The van der Waals surface area contributed by atoms with Crippen LogP contribution in [0.2, 0.25) is 0 Å². The van der Waals surface area contributed by atoms with Crippen LogP contribution in [-0.4, -0.2) is 30.1 Å².